The van der Waals surface area contributed by atoms with Crippen LogP contribution in [0.4, 0.5) is 0 Å². The van der Waals surface area contributed by atoms with Gasteiger partial charge < -0.3 is 14.2 Å². The van der Waals surface area contributed by atoms with E-state index in [4.69, 9.17) is 4.74 Å². The molecule has 6 heteroatoms. The van der Waals surface area contributed by atoms with Gasteiger partial charge in [-0.15, -0.1) is 0 Å². The van der Waals surface area contributed by atoms with Gasteiger partial charge in [0.25, 0.3) is 0 Å². The van der Waals surface area contributed by atoms with Gasteiger partial charge in [0, 0.05) is 0 Å². The van der Waals surface area contributed by atoms with Crippen molar-refractivity contribution >= 4 is 17.9 Å². The van der Waals surface area contributed by atoms with Crippen molar-refractivity contribution in [2.24, 2.45) is 0 Å². The number of ether oxygens (including phenoxy) is 3. The lowest BCUT2D eigenvalue weighted by molar-refractivity contribution is 0.0584. The Kier molecular flexibility index (Phi) is 5.09. The number of hydrogen-bond acceptors (Lipinski definition) is 6. The maximum Gasteiger partial charge on any atom is 0.343 e. The van der Waals surface area contributed by atoms with Crippen LogP contribution in [-0.2, 0) is 9.47 Å². The number of carbonyl (C=O) groups excluding carboxylic acids is 3. The molecule has 0 saturated heterocycles. The molecule has 0 amide bonds. The minimum absolute atomic E-state index is 0.0985. The largest absolute Gasteiger partial charge is 0.465 e. The molecule has 0 unspecified atom stereocenters. The third-order valence-corrected chi connectivity index (χ3v) is 3.04. The van der Waals surface area contributed by atoms with E-state index < -0.39 is 17.9 Å². The van der Waals surface area contributed by atoms with Gasteiger partial charge >= 0.3 is 17.9 Å². The van der Waals surface area contributed by atoms with Crippen LogP contribution in [0.15, 0.2) is 48.5 Å². The molecule has 0 aromatic heterocycles. The molecule has 0 saturated carbocycles. The number of esters is 3. The molecular formula is C17H14O6. The molecule has 2 aromatic carbocycles. The van der Waals surface area contributed by atoms with Gasteiger partial charge in [-0.25, -0.2) is 14.4 Å². The number of carbonyl (C=O) groups is 3. The summed E-state index contributed by atoms with van der Waals surface area (Å²) in [5.74, 6) is -1.66. The zero-order chi connectivity index (χ0) is 16.8. The van der Waals surface area contributed by atoms with Gasteiger partial charge in [0.15, 0.2) is 0 Å². The highest BCUT2D eigenvalue weighted by Gasteiger charge is 2.16. The zero-order valence-corrected chi connectivity index (χ0v) is 12.6. The van der Waals surface area contributed by atoms with E-state index in [1.165, 1.54) is 50.6 Å². The summed E-state index contributed by atoms with van der Waals surface area (Å²) in [4.78, 5) is 35.1. The standard InChI is InChI=1S/C17H14O6/c1-21-15(18)11-7-9-12(10-8-11)16(19)23-14-6-4-3-5-13(14)17(20)22-2/h3-10H,1-2H3. The van der Waals surface area contributed by atoms with Crippen LogP contribution in [-0.4, -0.2) is 32.1 Å². The maximum absolute atomic E-state index is 12.1. The fourth-order valence-corrected chi connectivity index (χ4v) is 1.85. The van der Waals surface area contributed by atoms with Gasteiger partial charge in [0.2, 0.25) is 0 Å². The highest BCUT2D eigenvalue weighted by molar-refractivity contribution is 5.97. The Labute approximate surface area is 132 Å². The monoisotopic (exact) mass is 314 g/mol. The van der Waals surface area contributed by atoms with Crippen LogP contribution in [0.5, 0.6) is 5.75 Å². The Morgan fingerprint density at radius 2 is 1.22 bits per heavy atom. The van der Waals surface area contributed by atoms with Crippen LogP contribution in [0.3, 0.4) is 0 Å². The summed E-state index contributed by atoms with van der Waals surface area (Å²) in [6.07, 6.45) is 0. The van der Waals surface area contributed by atoms with Crippen molar-refractivity contribution < 1.29 is 28.6 Å². The predicted octanol–water partition coefficient (Wildman–Crippen LogP) is 2.48. The second-order valence-electron chi connectivity index (χ2n) is 4.45. The van der Waals surface area contributed by atoms with Crippen molar-refractivity contribution in [3.8, 4) is 5.75 Å². The molecule has 0 radical (unpaired) electrons. The first kappa shape index (κ1) is 16.2. The minimum Gasteiger partial charge on any atom is -0.465 e. The first-order chi connectivity index (χ1) is 11.1. The Bertz CT molecular complexity index is 733. The van der Waals surface area contributed by atoms with Crippen LogP contribution >= 0.6 is 0 Å². The minimum atomic E-state index is -0.655. The highest BCUT2D eigenvalue weighted by atomic mass is 16.5. The van der Waals surface area contributed by atoms with Gasteiger partial charge in [-0.3, -0.25) is 0 Å². The van der Waals surface area contributed by atoms with Crippen molar-refractivity contribution in [3.63, 3.8) is 0 Å². The number of hydrogen-bond donors (Lipinski definition) is 0. The molecule has 23 heavy (non-hydrogen) atoms. The molecule has 6 nitrogen and oxygen atoms in total. The van der Waals surface area contributed by atoms with E-state index in [0.29, 0.717) is 5.56 Å². The number of rotatable bonds is 4. The first-order valence-electron chi connectivity index (χ1n) is 6.64. The molecule has 2 aromatic rings. The molecule has 0 bridgehead atoms. The molecule has 118 valence electrons. The van der Waals surface area contributed by atoms with Crippen LogP contribution in [0, 0.1) is 0 Å². The summed E-state index contributed by atoms with van der Waals surface area (Å²) < 4.78 is 14.4. The molecule has 0 fully saturated rings. The van der Waals surface area contributed by atoms with Crippen molar-refractivity contribution in [2.45, 2.75) is 0 Å². The van der Waals surface area contributed by atoms with Crippen LogP contribution in [0.2, 0.25) is 0 Å². The van der Waals surface area contributed by atoms with Crippen LogP contribution in [0.25, 0.3) is 0 Å². The zero-order valence-electron chi connectivity index (χ0n) is 12.6. The van der Waals surface area contributed by atoms with Crippen molar-refractivity contribution in [3.05, 3.63) is 65.2 Å². The number of para-hydroxylation sites is 1. The van der Waals surface area contributed by atoms with Gasteiger partial charge in [0.1, 0.15) is 11.3 Å². The summed E-state index contributed by atoms with van der Waals surface area (Å²) in [5, 5.41) is 0. The molecule has 0 N–H and O–H groups in total. The molecule has 0 aliphatic carbocycles. The normalized spacial score (nSPS) is 9.83. The van der Waals surface area contributed by atoms with Gasteiger partial charge in [-0.05, 0) is 36.4 Å². The van der Waals surface area contributed by atoms with E-state index in [2.05, 4.69) is 9.47 Å². The number of methoxy groups -OCH3 is 2. The highest BCUT2D eigenvalue weighted by Crippen LogP contribution is 2.20. The second-order valence-corrected chi connectivity index (χ2v) is 4.45. The Hall–Kier alpha value is -3.15. The average molecular weight is 314 g/mol. The lowest BCUT2D eigenvalue weighted by atomic mass is 10.1. The lowest BCUT2D eigenvalue weighted by Crippen LogP contribution is -2.12. The van der Waals surface area contributed by atoms with Gasteiger partial charge in [-0.1, -0.05) is 12.1 Å². The molecule has 0 aliphatic rings. The Morgan fingerprint density at radius 1 is 0.696 bits per heavy atom. The van der Waals surface area contributed by atoms with E-state index in [1.807, 2.05) is 0 Å². The first-order valence-corrected chi connectivity index (χ1v) is 6.64. The molecule has 0 atom stereocenters. The summed E-state index contributed by atoms with van der Waals surface area (Å²) in [6.45, 7) is 0. The predicted molar refractivity (Wildman–Crippen MR) is 80.5 cm³/mol. The molecule has 0 aliphatic heterocycles. The fraction of sp³-hybridized carbons (Fsp3) is 0.118. The van der Waals surface area contributed by atoms with E-state index >= 15 is 0 Å². The second kappa shape index (κ2) is 7.22. The van der Waals surface area contributed by atoms with Crippen LogP contribution < -0.4 is 4.74 Å². The van der Waals surface area contributed by atoms with Gasteiger partial charge in [0.05, 0.1) is 25.3 Å². The summed E-state index contributed by atoms with van der Waals surface area (Å²) >= 11 is 0. The SMILES string of the molecule is COC(=O)c1ccc(C(=O)Oc2ccccc2C(=O)OC)cc1. The maximum atomic E-state index is 12.1. The van der Waals surface area contributed by atoms with E-state index in [-0.39, 0.29) is 16.9 Å². The van der Waals surface area contributed by atoms with Crippen molar-refractivity contribution in [2.75, 3.05) is 14.2 Å². The van der Waals surface area contributed by atoms with E-state index in [0.717, 1.165) is 0 Å². The number of benzene rings is 2. The van der Waals surface area contributed by atoms with Gasteiger partial charge in [-0.2, -0.15) is 0 Å². The molecule has 2 rings (SSSR count). The third-order valence-electron chi connectivity index (χ3n) is 3.04. The van der Waals surface area contributed by atoms with E-state index in [9.17, 15) is 14.4 Å². The van der Waals surface area contributed by atoms with Crippen molar-refractivity contribution in [1.82, 2.24) is 0 Å². The summed E-state index contributed by atoms with van der Waals surface area (Å²) in [7, 11) is 2.51. The third kappa shape index (κ3) is 3.74. The fourth-order valence-electron chi connectivity index (χ4n) is 1.85. The smallest absolute Gasteiger partial charge is 0.343 e. The quantitative estimate of drug-likeness (QED) is 0.637. The van der Waals surface area contributed by atoms with E-state index in [1.54, 1.807) is 12.1 Å². The summed E-state index contributed by atoms with van der Waals surface area (Å²) in [6, 6.07) is 12.0. The van der Waals surface area contributed by atoms with Crippen molar-refractivity contribution in [1.29, 1.82) is 0 Å². The Morgan fingerprint density at radius 3 is 1.78 bits per heavy atom. The molecule has 0 heterocycles. The Balaban J connectivity index is 2.20. The van der Waals surface area contributed by atoms with Crippen LogP contribution in [0.1, 0.15) is 31.1 Å². The lowest BCUT2D eigenvalue weighted by Gasteiger charge is -2.08. The summed E-state index contributed by atoms with van der Waals surface area (Å²) in [5.41, 5.74) is 0.700. The molecule has 0 spiro atoms. The topological polar surface area (TPSA) is 78.9 Å². The average Bonchev–Trinajstić information content (AvgIpc) is 2.61. The molecular weight excluding hydrogens is 300 g/mol.